The van der Waals surface area contributed by atoms with E-state index in [4.69, 9.17) is 18.9 Å². The molecule has 78 heavy (non-hydrogen) atoms. The van der Waals surface area contributed by atoms with E-state index in [1.807, 2.05) is 13.8 Å². The van der Waals surface area contributed by atoms with Crippen molar-refractivity contribution in [2.75, 3.05) is 0 Å². The monoisotopic (exact) mass is 1070 g/mol. The molecule has 0 radical (unpaired) electrons. The van der Waals surface area contributed by atoms with E-state index in [9.17, 15) is 9.59 Å². The summed E-state index contributed by atoms with van der Waals surface area (Å²) >= 11 is 0. The predicted octanol–water partition coefficient (Wildman–Crippen LogP) is 19.5. The van der Waals surface area contributed by atoms with E-state index >= 15 is 0 Å². The highest BCUT2D eigenvalue weighted by Gasteiger charge is 2.37. The molecule has 2 aromatic carbocycles. The number of nitrogens with zero attached hydrogens (tertiary/aromatic N) is 2. The number of pyridine rings is 2. The normalized spacial score (nSPS) is 18.4. The van der Waals surface area contributed by atoms with Crippen LogP contribution in [-0.4, -0.2) is 33.1 Å². The van der Waals surface area contributed by atoms with Gasteiger partial charge >= 0.3 is 11.9 Å². The molecule has 4 heterocycles. The Morgan fingerprint density at radius 1 is 0.474 bits per heavy atom. The number of benzene rings is 2. The number of fused-ring (bicyclic) bond motifs is 2. The zero-order valence-corrected chi connectivity index (χ0v) is 52.0. The highest BCUT2D eigenvalue weighted by molar-refractivity contribution is 5.92. The van der Waals surface area contributed by atoms with E-state index in [2.05, 4.69) is 107 Å². The molecule has 2 aliphatic heterocycles. The molecule has 0 saturated heterocycles. The first-order valence-corrected chi connectivity index (χ1v) is 30.9. The molecule has 432 valence electrons. The third-order valence-corrected chi connectivity index (χ3v) is 17.9. The van der Waals surface area contributed by atoms with Crippen molar-refractivity contribution in [3.05, 3.63) is 105 Å². The highest BCUT2D eigenvalue weighted by atomic mass is 16.5. The van der Waals surface area contributed by atoms with Gasteiger partial charge in [0.05, 0.1) is 11.1 Å². The Hall–Kier alpha value is -4.72. The lowest BCUT2D eigenvalue weighted by atomic mass is 9.83. The van der Waals surface area contributed by atoms with Crippen LogP contribution >= 0.6 is 0 Å². The van der Waals surface area contributed by atoms with E-state index in [1.54, 1.807) is 49.1 Å². The second kappa shape index (κ2) is 30.8. The molecule has 0 aliphatic carbocycles. The minimum absolute atomic E-state index is 0.144. The van der Waals surface area contributed by atoms with Gasteiger partial charge in [-0.15, -0.1) is 0 Å². The fourth-order valence-corrected chi connectivity index (χ4v) is 12.1. The standard InChI is InChI=1S/2C35H53NO3/c2*1-24(2)13-9-14-25(3)15-10-16-26(4)17-11-20-35(8)21-19-31-29(7)32(27(5)28(6)33(31)39-35)38-34(37)30-18-12-22-36-23-30/h2*12,18,22-26H,9-11,13-17,19-21H2,1-8H3/t2*25-,26-,35-/m10/s1. The van der Waals surface area contributed by atoms with Crippen molar-refractivity contribution >= 4 is 11.9 Å². The van der Waals surface area contributed by atoms with Gasteiger partial charge in [-0.1, -0.05) is 145 Å². The van der Waals surface area contributed by atoms with E-state index in [0.717, 1.165) is 119 Å². The maximum absolute atomic E-state index is 12.7. The van der Waals surface area contributed by atoms with E-state index in [0.29, 0.717) is 22.6 Å². The van der Waals surface area contributed by atoms with Crippen molar-refractivity contribution in [1.82, 2.24) is 9.97 Å². The summed E-state index contributed by atoms with van der Waals surface area (Å²) in [4.78, 5) is 33.6. The first-order valence-electron chi connectivity index (χ1n) is 30.9. The second-order valence-electron chi connectivity index (χ2n) is 26.1. The van der Waals surface area contributed by atoms with Gasteiger partial charge in [0.25, 0.3) is 0 Å². The van der Waals surface area contributed by atoms with Crippen LogP contribution in [0.5, 0.6) is 23.0 Å². The number of hydrogen-bond donors (Lipinski definition) is 0. The first kappa shape index (κ1) is 64.1. The quantitative estimate of drug-likeness (QED) is 0.0410. The second-order valence-corrected chi connectivity index (χ2v) is 26.1. The first-order chi connectivity index (χ1) is 37.0. The Labute approximate surface area is 474 Å². The number of carbonyl (C=O) groups excluding carboxylic acids is 2. The molecule has 0 saturated carbocycles. The van der Waals surface area contributed by atoms with Gasteiger partial charge in [0, 0.05) is 35.9 Å². The van der Waals surface area contributed by atoms with Crippen molar-refractivity contribution in [3.63, 3.8) is 0 Å². The molecule has 8 heteroatoms. The van der Waals surface area contributed by atoms with Crippen LogP contribution in [0.15, 0.2) is 49.1 Å². The number of hydrogen-bond acceptors (Lipinski definition) is 8. The van der Waals surface area contributed by atoms with Crippen LogP contribution in [0.2, 0.25) is 0 Å². The van der Waals surface area contributed by atoms with E-state index in [1.165, 1.54) is 114 Å². The average molecular weight is 1070 g/mol. The number of carbonyl (C=O) groups is 2. The molecule has 0 N–H and O–H groups in total. The smallest absolute Gasteiger partial charge is 0.345 e. The molecule has 4 aromatic rings. The van der Waals surface area contributed by atoms with Crippen LogP contribution in [0.4, 0.5) is 0 Å². The average Bonchev–Trinajstić information content (AvgIpc) is 3.43. The molecule has 2 aliphatic rings. The topological polar surface area (TPSA) is 96.8 Å². The summed E-state index contributed by atoms with van der Waals surface area (Å²) in [5.41, 5.74) is 9.11. The lowest BCUT2D eigenvalue weighted by Gasteiger charge is -2.38. The Morgan fingerprint density at radius 2 is 0.795 bits per heavy atom. The van der Waals surface area contributed by atoms with Crippen LogP contribution in [-0.2, 0) is 12.8 Å². The number of rotatable bonds is 28. The molecule has 0 spiro atoms. The number of ether oxygens (including phenoxy) is 4. The molecule has 6 rings (SSSR count). The van der Waals surface area contributed by atoms with Gasteiger partial charge in [0.15, 0.2) is 0 Å². The van der Waals surface area contributed by atoms with Gasteiger partial charge in [-0.3, -0.25) is 9.97 Å². The Balaban J connectivity index is 0.000000287. The van der Waals surface area contributed by atoms with E-state index < -0.39 is 0 Å². The lowest BCUT2D eigenvalue weighted by Crippen LogP contribution is -2.37. The summed E-state index contributed by atoms with van der Waals surface area (Å²) < 4.78 is 25.3. The summed E-state index contributed by atoms with van der Waals surface area (Å²) in [5.74, 6) is 7.52. The van der Waals surface area contributed by atoms with Crippen molar-refractivity contribution in [2.24, 2.45) is 35.5 Å². The third kappa shape index (κ3) is 19.2. The molecule has 0 fully saturated rings. The van der Waals surface area contributed by atoms with Crippen molar-refractivity contribution < 1.29 is 28.5 Å². The summed E-state index contributed by atoms with van der Waals surface area (Å²) in [6, 6.07) is 6.97. The molecular weight excluding hydrogens is 965 g/mol. The minimum atomic E-state index is -0.370. The van der Waals surface area contributed by atoms with Crippen LogP contribution in [0.25, 0.3) is 0 Å². The molecule has 0 unspecified atom stereocenters. The molecule has 6 atom stereocenters. The Kier molecular flexibility index (Phi) is 25.3. The predicted molar refractivity (Wildman–Crippen MR) is 324 cm³/mol. The van der Waals surface area contributed by atoms with E-state index in [-0.39, 0.29) is 23.1 Å². The third-order valence-electron chi connectivity index (χ3n) is 17.9. The summed E-state index contributed by atoms with van der Waals surface area (Å²) in [6.45, 7) is 35.9. The molecule has 0 bridgehead atoms. The maximum Gasteiger partial charge on any atom is 0.345 e. The van der Waals surface area contributed by atoms with Crippen LogP contribution < -0.4 is 18.9 Å². The maximum atomic E-state index is 12.7. The highest BCUT2D eigenvalue weighted by Crippen LogP contribution is 2.47. The fourth-order valence-electron chi connectivity index (χ4n) is 12.1. The number of esters is 2. The van der Waals surface area contributed by atoms with Gasteiger partial charge in [-0.2, -0.15) is 0 Å². The van der Waals surface area contributed by atoms with Crippen molar-refractivity contribution in [2.45, 2.75) is 263 Å². The van der Waals surface area contributed by atoms with Crippen molar-refractivity contribution in [1.29, 1.82) is 0 Å². The van der Waals surface area contributed by atoms with Gasteiger partial charge in [-0.25, -0.2) is 9.59 Å². The molecule has 2 aromatic heterocycles. The largest absolute Gasteiger partial charge is 0.487 e. The molecule has 0 amide bonds. The van der Waals surface area contributed by atoms with Gasteiger partial charge < -0.3 is 18.9 Å². The Bertz CT molecular complexity index is 2330. The van der Waals surface area contributed by atoms with Crippen LogP contribution in [0, 0.1) is 77.0 Å². The van der Waals surface area contributed by atoms with Crippen LogP contribution in [0.3, 0.4) is 0 Å². The number of aromatic nitrogens is 2. The summed E-state index contributed by atoms with van der Waals surface area (Å²) in [6.07, 6.45) is 33.8. The van der Waals surface area contributed by atoms with Gasteiger partial charge in [0.1, 0.15) is 34.2 Å². The molecular formula is C70H106N2O6. The zero-order chi connectivity index (χ0) is 57.2. The van der Waals surface area contributed by atoms with Gasteiger partial charge in [-0.05, 0) is 200 Å². The Morgan fingerprint density at radius 3 is 1.10 bits per heavy atom. The lowest BCUT2D eigenvalue weighted by molar-refractivity contribution is 0.0506. The van der Waals surface area contributed by atoms with Crippen LogP contribution in [0.1, 0.15) is 263 Å². The SMILES string of the molecule is Cc1c(C)c2c(c(C)c1OC(=O)c1cccnc1)CC[C@@](C)(CCC[C@H](C)CCC[C@H](C)CCCC(C)C)O2.Cc1c(C)c2c(c(C)c1OC(=O)c1cccnc1)CC[C@](C)(CCC[C@@H](C)CCC[C@@H](C)CCCC(C)C)O2. The zero-order valence-electron chi connectivity index (χ0n) is 52.0. The van der Waals surface area contributed by atoms with Crippen molar-refractivity contribution in [3.8, 4) is 23.0 Å². The summed E-state index contributed by atoms with van der Waals surface area (Å²) in [5, 5.41) is 0. The minimum Gasteiger partial charge on any atom is -0.487 e. The molecule has 8 nitrogen and oxygen atoms in total. The van der Waals surface area contributed by atoms with Gasteiger partial charge in [0.2, 0.25) is 0 Å². The summed E-state index contributed by atoms with van der Waals surface area (Å²) in [7, 11) is 0. The fraction of sp³-hybridized carbons (Fsp3) is 0.657.